The van der Waals surface area contributed by atoms with E-state index in [4.69, 9.17) is 0 Å². The molecule has 0 atom stereocenters. The molecule has 0 amide bonds. The van der Waals surface area contributed by atoms with Gasteiger partial charge in [0.25, 0.3) is 0 Å². The van der Waals surface area contributed by atoms with Gasteiger partial charge in [-0.3, -0.25) is 0 Å². The summed E-state index contributed by atoms with van der Waals surface area (Å²) in [5, 5.41) is 0. The minimum atomic E-state index is -5.18. The first-order chi connectivity index (χ1) is 7.12. The molecule has 1 saturated carbocycles. The zero-order valence-electron chi connectivity index (χ0n) is 8.21. The Hall–Kier alpha value is 0.310. The van der Waals surface area contributed by atoms with Crippen LogP contribution in [0.2, 0.25) is 0 Å². The highest BCUT2D eigenvalue weighted by atomic mass is 127. The second-order valence-electron chi connectivity index (χ2n) is 4.07. The summed E-state index contributed by atoms with van der Waals surface area (Å²) in [6, 6.07) is 0. The fourth-order valence-electron chi connectivity index (χ4n) is 2.13. The van der Waals surface area contributed by atoms with Crippen LogP contribution in [0.1, 0.15) is 25.7 Å². The fraction of sp³-hybridized carbons (Fsp3) is 1.00. The van der Waals surface area contributed by atoms with Gasteiger partial charge in [0.15, 0.2) is 5.92 Å². The molecule has 0 radical (unpaired) electrons. The maximum atomic E-state index is 12.4. The molecule has 0 aromatic heterocycles. The van der Waals surface area contributed by atoms with Crippen molar-refractivity contribution in [3.05, 3.63) is 0 Å². The molecule has 96 valence electrons. The molecule has 1 fully saturated rings. The van der Waals surface area contributed by atoms with Crippen LogP contribution in [-0.4, -0.2) is 16.3 Å². The molecule has 16 heavy (non-hydrogen) atoms. The van der Waals surface area contributed by atoms with Crippen molar-refractivity contribution in [2.24, 2.45) is 11.8 Å². The summed E-state index contributed by atoms with van der Waals surface area (Å²) in [4.78, 5) is 0. The molecule has 0 aromatic carbocycles. The van der Waals surface area contributed by atoms with Gasteiger partial charge in [-0.25, -0.2) is 0 Å². The third kappa shape index (κ3) is 3.66. The highest BCUT2D eigenvalue weighted by Gasteiger charge is 2.59. The van der Waals surface area contributed by atoms with Crippen LogP contribution in [0.15, 0.2) is 0 Å². The monoisotopic (exact) mass is 360 g/mol. The van der Waals surface area contributed by atoms with Crippen LogP contribution < -0.4 is 0 Å². The summed E-state index contributed by atoms with van der Waals surface area (Å²) < 4.78 is 74.5. The molecule has 1 rings (SSSR count). The van der Waals surface area contributed by atoms with E-state index in [9.17, 15) is 26.3 Å². The molecule has 0 bridgehead atoms. The van der Waals surface area contributed by atoms with Gasteiger partial charge < -0.3 is 0 Å². The molecule has 0 spiro atoms. The summed E-state index contributed by atoms with van der Waals surface area (Å²) in [6.45, 7) is 0. The molecule has 0 N–H and O–H groups in total. The van der Waals surface area contributed by atoms with Gasteiger partial charge in [-0.2, -0.15) is 26.3 Å². The zero-order chi connectivity index (χ0) is 12.6. The van der Waals surface area contributed by atoms with Crippen LogP contribution in [0.25, 0.3) is 0 Å². The van der Waals surface area contributed by atoms with Crippen molar-refractivity contribution in [2.75, 3.05) is 0 Å². The van der Waals surface area contributed by atoms with Gasteiger partial charge in [-0.1, -0.05) is 22.6 Å². The number of hydrogen-bond acceptors (Lipinski definition) is 0. The van der Waals surface area contributed by atoms with Gasteiger partial charge in [0.05, 0.1) is 0 Å². The number of hydrogen-bond donors (Lipinski definition) is 0. The van der Waals surface area contributed by atoms with E-state index in [2.05, 4.69) is 22.6 Å². The molecule has 0 saturated heterocycles. The van der Waals surface area contributed by atoms with Crippen LogP contribution in [0, 0.1) is 11.8 Å². The van der Waals surface area contributed by atoms with E-state index in [1.54, 1.807) is 0 Å². The maximum absolute atomic E-state index is 12.4. The molecule has 0 aliphatic heterocycles. The van der Waals surface area contributed by atoms with Crippen LogP contribution in [0.5, 0.6) is 0 Å². The Morgan fingerprint density at radius 2 is 1.19 bits per heavy atom. The van der Waals surface area contributed by atoms with Crippen molar-refractivity contribution in [3.63, 3.8) is 0 Å². The molecular weight excluding hydrogens is 349 g/mol. The number of halogens is 7. The molecule has 0 unspecified atom stereocenters. The van der Waals surface area contributed by atoms with Crippen LogP contribution in [-0.2, 0) is 0 Å². The average Bonchev–Trinajstić information content (AvgIpc) is 2.03. The van der Waals surface area contributed by atoms with E-state index in [1.807, 2.05) is 0 Å². The summed E-state index contributed by atoms with van der Waals surface area (Å²) >= 11 is 2.07. The highest BCUT2D eigenvalue weighted by Crippen LogP contribution is 2.48. The predicted octanol–water partition coefficient (Wildman–Crippen LogP) is 4.72. The lowest BCUT2D eigenvalue weighted by Crippen LogP contribution is -2.43. The van der Waals surface area contributed by atoms with Crippen molar-refractivity contribution in [2.45, 2.75) is 42.0 Å². The first-order valence-corrected chi connectivity index (χ1v) is 6.14. The second-order valence-corrected chi connectivity index (χ2v) is 5.83. The van der Waals surface area contributed by atoms with Gasteiger partial charge in [0, 0.05) is 3.92 Å². The topological polar surface area (TPSA) is 0 Å². The minimum absolute atomic E-state index is 0.0112. The Labute approximate surface area is 103 Å². The van der Waals surface area contributed by atoms with Crippen LogP contribution in [0.4, 0.5) is 26.3 Å². The zero-order valence-corrected chi connectivity index (χ0v) is 10.4. The third-order valence-corrected chi connectivity index (χ3v) is 4.12. The van der Waals surface area contributed by atoms with E-state index in [1.165, 1.54) is 0 Å². The van der Waals surface area contributed by atoms with Crippen molar-refractivity contribution in [1.82, 2.24) is 0 Å². The lowest BCUT2D eigenvalue weighted by Gasteiger charge is -2.34. The van der Waals surface area contributed by atoms with E-state index in [0.717, 1.165) is 0 Å². The van der Waals surface area contributed by atoms with Crippen molar-refractivity contribution in [1.29, 1.82) is 0 Å². The SMILES string of the molecule is FC(F)(F)C(C1CCC(I)CC1)C(F)(F)F. The lowest BCUT2D eigenvalue weighted by atomic mass is 9.79. The average molecular weight is 360 g/mol. The Morgan fingerprint density at radius 1 is 0.812 bits per heavy atom. The summed E-state index contributed by atoms with van der Waals surface area (Å²) in [5.41, 5.74) is 0. The minimum Gasteiger partial charge on any atom is -0.170 e. The van der Waals surface area contributed by atoms with Crippen LogP contribution >= 0.6 is 22.6 Å². The van der Waals surface area contributed by atoms with E-state index >= 15 is 0 Å². The quantitative estimate of drug-likeness (QED) is 0.361. The summed E-state index contributed by atoms with van der Waals surface area (Å²) in [7, 11) is 0. The Morgan fingerprint density at radius 3 is 1.50 bits per heavy atom. The predicted molar refractivity (Wildman–Crippen MR) is 55.4 cm³/mol. The van der Waals surface area contributed by atoms with E-state index in [-0.39, 0.29) is 16.8 Å². The molecule has 0 aromatic rings. The normalized spacial score (nSPS) is 28.5. The molecule has 7 heteroatoms. The van der Waals surface area contributed by atoms with Gasteiger partial charge in [0.2, 0.25) is 0 Å². The molecule has 1 aliphatic rings. The Bertz CT molecular complexity index is 211. The first-order valence-electron chi connectivity index (χ1n) is 4.90. The molecule has 0 heterocycles. The smallest absolute Gasteiger partial charge is 0.170 e. The maximum Gasteiger partial charge on any atom is 0.400 e. The Balaban J connectivity index is 2.78. The summed E-state index contributed by atoms with van der Waals surface area (Å²) in [5.74, 6) is -4.45. The molecular formula is C9H11F6I. The first kappa shape index (κ1) is 14.4. The van der Waals surface area contributed by atoms with Crippen LogP contribution in [0.3, 0.4) is 0 Å². The third-order valence-electron chi connectivity index (χ3n) is 2.88. The van der Waals surface area contributed by atoms with Crippen molar-refractivity contribution in [3.8, 4) is 0 Å². The van der Waals surface area contributed by atoms with E-state index in [0.29, 0.717) is 12.8 Å². The standard InChI is InChI=1S/C9H11F6I/c10-8(11,12)7(9(13,14)15)5-1-3-6(16)4-2-5/h5-7H,1-4H2. The summed E-state index contributed by atoms with van der Waals surface area (Å²) in [6.07, 6.45) is -9.46. The fourth-order valence-corrected chi connectivity index (χ4v) is 2.85. The number of alkyl halides is 7. The molecule has 1 aliphatic carbocycles. The van der Waals surface area contributed by atoms with E-state index < -0.39 is 24.2 Å². The lowest BCUT2D eigenvalue weighted by molar-refractivity contribution is -0.300. The van der Waals surface area contributed by atoms with Gasteiger partial charge in [-0.15, -0.1) is 0 Å². The van der Waals surface area contributed by atoms with Crippen molar-refractivity contribution < 1.29 is 26.3 Å². The largest absolute Gasteiger partial charge is 0.400 e. The van der Waals surface area contributed by atoms with Gasteiger partial charge in [-0.05, 0) is 31.6 Å². The van der Waals surface area contributed by atoms with Gasteiger partial charge >= 0.3 is 12.4 Å². The highest BCUT2D eigenvalue weighted by molar-refractivity contribution is 14.1. The number of rotatable bonds is 1. The van der Waals surface area contributed by atoms with Gasteiger partial charge in [0.1, 0.15) is 0 Å². The Kier molecular flexibility index (Phi) is 4.40. The molecule has 0 nitrogen and oxygen atoms in total. The second kappa shape index (κ2) is 4.89. The van der Waals surface area contributed by atoms with Crippen molar-refractivity contribution >= 4 is 22.6 Å².